The van der Waals surface area contributed by atoms with Crippen LogP contribution in [0.1, 0.15) is 54.7 Å². The molecule has 2 aromatic heterocycles. The first kappa shape index (κ1) is 35.8. The average Bonchev–Trinajstić information content (AvgIpc) is 3.48. The molecule has 4 rings (SSSR count). The first-order chi connectivity index (χ1) is 21.9. The normalized spacial score (nSPS) is 23.2. The Morgan fingerprint density at radius 1 is 1.19 bits per heavy atom. The molecule has 1 saturated heterocycles. The first-order valence-electron chi connectivity index (χ1n) is 14.8. The van der Waals surface area contributed by atoms with Crippen LogP contribution in [0.2, 0.25) is 0 Å². The van der Waals surface area contributed by atoms with Gasteiger partial charge in [0.05, 0.1) is 19.0 Å². The second-order valence-corrected chi connectivity index (χ2v) is 13.9. The highest BCUT2D eigenvalue weighted by molar-refractivity contribution is 7.52. The van der Waals surface area contributed by atoms with Gasteiger partial charge >= 0.3 is 19.9 Å². The number of aromatic nitrogens is 4. The summed E-state index contributed by atoms with van der Waals surface area (Å²) in [5.41, 5.74) is 2.87. The fourth-order valence-corrected chi connectivity index (χ4v) is 6.19. The maximum absolute atomic E-state index is 16.9. The molecule has 18 heteroatoms. The number of anilines is 2. The lowest BCUT2D eigenvalue weighted by molar-refractivity contribution is -0.149. The predicted molar refractivity (Wildman–Crippen MR) is 168 cm³/mol. The maximum atomic E-state index is 16.9. The van der Waals surface area contributed by atoms with Crippen molar-refractivity contribution in [3.63, 3.8) is 0 Å². The van der Waals surface area contributed by atoms with E-state index in [0.717, 1.165) is 6.92 Å². The van der Waals surface area contributed by atoms with E-state index in [2.05, 4.69) is 25.4 Å². The molecule has 0 bridgehead atoms. The van der Waals surface area contributed by atoms with Crippen LogP contribution < -0.4 is 20.7 Å². The molecule has 1 fully saturated rings. The summed E-state index contributed by atoms with van der Waals surface area (Å²) in [6, 6.07) is 6.92. The number of nitrogens with zero attached hydrogens (tertiary/aromatic N) is 4. The van der Waals surface area contributed by atoms with Crippen molar-refractivity contribution in [3.05, 3.63) is 36.7 Å². The smallest absolute Gasteiger partial charge is 0.462 e. The fraction of sp³-hybridized carbons (Fsp3) is 0.552. The molecular formula is C29H41FN7O9P. The van der Waals surface area contributed by atoms with Crippen LogP contribution in [0.25, 0.3) is 11.2 Å². The van der Waals surface area contributed by atoms with Crippen molar-refractivity contribution >= 4 is 42.8 Å². The summed E-state index contributed by atoms with van der Waals surface area (Å²) in [4.78, 5) is 38.0. The highest BCUT2D eigenvalue weighted by atomic mass is 31.2. The lowest BCUT2D eigenvalue weighted by Gasteiger charge is -2.29. The molecule has 3 heterocycles. The number of nitrogen functional groups attached to an aromatic ring is 1. The van der Waals surface area contributed by atoms with Crippen molar-refractivity contribution in [2.45, 2.75) is 90.3 Å². The molecule has 258 valence electrons. The van der Waals surface area contributed by atoms with Gasteiger partial charge in [0.15, 0.2) is 35.0 Å². The number of carbonyl (C=O) groups is 2. The van der Waals surface area contributed by atoms with Gasteiger partial charge in [-0.2, -0.15) is 15.1 Å². The number of benzene rings is 1. The van der Waals surface area contributed by atoms with Crippen LogP contribution in [0.15, 0.2) is 36.7 Å². The third-order valence-corrected chi connectivity index (χ3v) is 8.30. The van der Waals surface area contributed by atoms with Crippen molar-refractivity contribution in [2.75, 3.05) is 24.7 Å². The van der Waals surface area contributed by atoms with E-state index in [9.17, 15) is 14.2 Å². The van der Waals surface area contributed by atoms with Crippen molar-refractivity contribution in [1.29, 1.82) is 0 Å². The highest BCUT2D eigenvalue weighted by Gasteiger charge is 2.59. The molecule has 1 aliphatic heterocycles. The van der Waals surface area contributed by atoms with Gasteiger partial charge < -0.3 is 34.5 Å². The summed E-state index contributed by atoms with van der Waals surface area (Å²) in [6.45, 7) is 10.1. The zero-order chi connectivity index (χ0) is 34.7. The standard InChI is InChI=1S/C29H41FN7O9P/c1-16(2)42-24(38)17(3)36-47(40,46-18-12-10-9-11-13-18)41-14-19-21(44-27(39)45-28(4,5)6)29(7,30)25(43-19)37-15-33-20-22(32-8)34-26(31)35-23(20)37/h9-13,15-17,19,21,25H,14H2,1-8H3,(H,36,40)(H3,31,32,34,35)/t17-,19+,21+,25+,29+,47?/m0/s1. The number of para-hydroxylation sites is 1. The molecule has 0 spiro atoms. The molecule has 1 aromatic carbocycles. The van der Waals surface area contributed by atoms with Crippen LogP contribution in [-0.4, -0.2) is 80.9 Å². The number of nitrogens with one attached hydrogen (secondary N) is 2. The van der Waals surface area contributed by atoms with Gasteiger partial charge in [0.1, 0.15) is 23.5 Å². The number of halogens is 1. The summed E-state index contributed by atoms with van der Waals surface area (Å²) in [7, 11) is -2.80. The van der Waals surface area contributed by atoms with Crippen LogP contribution >= 0.6 is 7.75 Å². The van der Waals surface area contributed by atoms with E-state index >= 15 is 4.39 Å². The molecular weight excluding hydrogens is 640 g/mol. The van der Waals surface area contributed by atoms with Crippen molar-refractivity contribution in [1.82, 2.24) is 24.6 Å². The van der Waals surface area contributed by atoms with Crippen LogP contribution in [0, 0.1) is 0 Å². The molecule has 3 aromatic rings. The number of alkyl halides is 1. The first-order valence-corrected chi connectivity index (χ1v) is 16.4. The van der Waals surface area contributed by atoms with Gasteiger partial charge in [0.2, 0.25) is 5.95 Å². The van der Waals surface area contributed by atoms with Gasteiger partial charge in [0, 0.05) is 7.05 Å². The Labute approximate surface area is 271 Å². The van der Waals surface area contributed by atoms with Gasteiger partial charge in [-0.3, -0.25) is 13.9 Å². The number of ether oxygens (including phenoxy) is 4. The van der Waals surface area contributed by atoms with Crippen molar-refractivity contribution in [2.24, 2.45) is 0 Å². The largest absolute Gasteiger partial charge is 0.509 e. The van der Waals surface area contributed by atoms with Crippen molar-refractivity contribution in [3.8, 4) is 5.75 Å². The Hall–Kier alpha value is -4.05. The Kier molecular flexibility index (Phi) is 10.6. The summed E-state index contributed by atoms with van der Waals surface area (Å²) in [6.07, 6.45) is -4.90. The second-order valence-electron chi connectivity index (χ2n) is 12.2. The SMILES string of the molecule is CNc1nc(N)nc2c1ncn2[C@@H]1O[C@H](COP(=O)(N[C@@H](C)C(=O)OC(C)C)Oc2ccccc2)[C@@H](OC(=O)OC(C)(C)C)[C@@]1(C)F. The molecule has 0 amide bonds. The van der Waals surface area contributed by atoms with Crippen LogP contribution in [0.5, 0.6) is 5.75 Å². The number of imidazole rings is 1. The number of hydrogen-bond donors (Lipinski definition) is 3. The molecule has 16 nitrogen and oxygen atoms in total. The topological polar surface area (TPSA) is 200 Å². The summed E-state index contributed by atoms with van der Waals surface area (Å²) >= 11 is 0. The number of esters is 1. The number of carbonyl (C=O) groups excluding carboxylic acids is 2. The average molecular weight is 682 g/mol. The number of hydrogen-bond acceptors (Lipinski definition) is 14. The summed E-state index contributed by atoms with van der Waals surface area (Å²) in [5, 5.41) is 5.42. The Morgan fingerprint density at radius 3 is 2.49 bits per heavy atom. The minimum atomic E-state index is -4.41. The van der Waals surface area contributed by atoms with Gasteiger partial charge in [-0.15, -0.1) is 0 Å². The zero-order valence-corrected chi connectivity index (χ0v) is 28.3. The maximum Gasteiger partial charge on any atom is 0.509 e. The second kappa shape index (κ2) is 14.0. The number of fused-ring (bicyclic) bond motifs is 1. The van der Waals surface area contributed by atoms with E-state index in [-0.39, 0.29) is 22.9 Å². The lowest BCUT2D eigenvalue weighted by Crippen LogP contribution is -2.45. The Balaban J connectivity index is 1.68. The van der Waals surface area contributed by atoms with Crippen LogP contribution in [0.4, 0.5) is 21.0 Å². The molecule has 0 radical (unpaired) electrons. The summed E-state index contributed by atoms with van der Waals surface area (Å²) < 4.78 is 65.9. The Bertz CT molecular complexity index is 1620. The molecule has 1 aliphatic rings. The van der Waals surface area contributed by atoms with Gasteiger partial charge in [-0.1, -0.05) is 18.2 Å². The number of nitrogens with two attached hydrogens (primary N) is 1. The fourth-order valence-electron chi connectivity index (χ4n) is 4.69. The van der Waals surface area contributed by atoms with Gasteiger partial charge in [0.25, 0.3) is 0 Å². The quantitative estimate of drug-likeness (QED) is 0.178. The molecule has 6 atom stereocenters. The minimum absolute atomic E-state index is 0.112. The molecule has 4 N–H and O–H groups in total. The van der Waals surface area contributed by atoms with E-state index in [1.807, 2.05) is 0 Å². The van der Waals surface area contributed by atoms with Crippen LogP contribution in [0.3, 0.4) is 0 Å². The third kappa shape index (κ3) is 8.66. The van der Waals surface area contributed by atoms with E-state index in [1.54, 1.807) is 59.9 Å². The van der Waals surface area contributed by atoms with E-state index in [4.69, 9.17) is 33.7 Å². The van der Waals surface area contributed by atoms with Crippen molar-refractivity contribution < 1.29 is 46.5 Å². The monoisotopic (exact) mass is 681 g/mol. The highest BCUT2D eigenvalue weighted by Crippen LogP contribution is 2.49. The van der Waals surface area contributed by atoms with Gasteiger partial charge in [-0.05, 0) is 60.6 Å². The molecule has 0 aliphatic carbocycles. The zero-order valence-electron chi connectivity index (χ0n) is 27.4. The summed E-state index contributed by atoms with van der Waals surface area (Å²) in [5.74, 6) is -0.383. The van der Waals surface area contributed by atoms with E-state index < -0.39 is 68.3 Å². The van der Waals surface area contributed by atoms with E-state index in [0.29, 0.717) is 5.82 Å². The third-order valence-electron chi connectivity index (χ3n) is 6.66. The van der Waals surface area contributed by atoms with Gasteiger partial charge in [-0.25, -0.2) is 18.7 Å². The number of rotatable bonds is 12. The molecule has 47 heavy (non-hydrogen) atoms. The predicted octanol–water partition coefficient (Wildman–Crippen LogP) is 4.53. The minimum Gasteiger partial charge on any atom is -0.462 e. The Morgan fingerprint density at radius 2 is 1.87 bits per heavy atom. The lowest BCUT2D eigenvalue weighted by atomic mass is 9.98. The van der Waals surface area contributed by atoms with Crippen LogP contribution in [-0.2, 0) is 32.8 Å². The van der Waals surface area contributed by atoms with E-state index in [1.165, 1.54) is 30.0 Å². The molecule has 0 saturated carbocycles. The molecule has 1 unspecified atom stereocenters.